The molecule has 0 bridgehead atoms. The second-order valence-corrected chi connectivity index (χ2v) is 5.50. The van der Waals surface area contributed by atoms with Crippen LogP contribution in [-0.2, 0) is 24.5 Å². The highest BCUT2D eigenvalue weighted by molar-refractivity contribution is 9.10. The van der Waals surface area contributed by atoms with Gasteiger partial charge in [0, 0.05) is 25.7 Å². The van der Waals surface area contributed by atoms with E-state index in [9.17, 15) is 0 Å². The molecular weight excluding hydrogens is 314 g/mol. The fourth-order valence-corrected chi connectivity index (χ4v) is 2.91. The molecule has 3 heterocycles. The maximum Gasteiger partial charge on any atom is 0.184 e. The first kappa shape index (κ1) is 13.5. The molecule has 0 aromatic carbocycles. The van der Waals surface area contributed by atoms with Gasteiger partial charge in [-0.25, -0.2) is 4.98 Å². The smallest absolute Gasteiger partial charge is 0.184 e. The monoisotopic (exact) mass is 329 g/mol. The van der Waals surface area contributed by atoms with E-state index in [0.29, 0.717) is 26.4 Å². The van der Waals surface area contributed by atoms with Gasteiger partial charge < -0.3 is 18.9 Å². The van der Waals surface area contributed by atoms with Gasteiger partial charge >= 0.3 is 0 Å². The molecule has 0 saturated carbocycles. The summed E-state index contributed by atoms with van der Waals surface area (Å²) >= 11 is 3.44. The van der Waals surface area contributed by atoms with Gasteiger partial charge in [-0.1, -0.05) is 0 Å². The van der Waals surface area contributed by atoms with E-state index >= 15 is 0 Å². The Morgan fingerprint density at radius 3 is 2.74 bits per heavy atom. The summed E-state index contributed by atoms with van der Waals surface area (Å²) in [5.74, 6) is 0. The molecular formula is C13H16BrNO4. The molecule has 0 spiro atoms. The Morgan fingerprint density at radius 2 is 2.11 bits per heavy atom. The molecule has 1 aromatic rings. The van der Waals surface area contributed by atoms with Crippen LogP contribution in [0.5, 0.6) is 0 Å². The van der Waals surface area contributed by atoms with Gasteiger partial charge in [0.1, 0.15) is 10.2 Å². The summed E-state index contributed by atoms with van der Waals surface area (Å²) in [7, 11) is 1.69. The number of hydrogen-bond donors (Lipinski definition) is 0. The molecule has 3 rings (SSSR count). The summed E-state index contributed by atoms with van der Waals surface area (Å²) < 4.78 is 23.0. The van der Waals surface area contributed by atoms with Crippen molar-refractivity contribution in [2.45, 2.75) is 18.3 Å². The second kappa shape index (κ2) is 5.46. The Kier molecular flexibility index (Phi) is 3.86. The Bertz CT molecular complexity index is 456. The minimum atomic E-state index is -0.461. The van der Waals surface area contributed by atoms with E-state index in [1.807, 2.05) is 12.1 Å². The summed E-state index contributed by atoms with van der Waals surface area (Å²) in [5, 5.41) is 0. The van der Waals surface area contributed by atoms with Crippen LogP contribution in [-0.4, -0.2) is 38.5 Å². The van der Waals surface area contributed by atoms with Crippen LogP contribution < -0.4 is 0 Å². The number of nitrogens with zero attached hydrogens (tertiary/aromatic N) is 1. The maximum absolute atomic E-state index is 5.67. The minimum absolute atomic E-state index is 0.311. The van der Waals surface area contributed by atoms with Gasteiger partial charge in [0.05, 0.1) is 25.5 Å². The topological polar surface area (TPSA) is 49.8 Å². The molecule has 2 fully saturated rings. The molecule has 2 aliphatic heterocycles. The fourth-order valence-electron chi connectivity index (χ4n) is 2.45. The van der Waals surface area contributed by atoms with Crippen LogP contribution in [0, 0.1) is 0 Å². The molecule has 5 nitrogen and oxygen atoms in total. The highest BCUT2D eigenvalue weighted by atomic mass is 79.9. The van der Waals surface area contributed by atoms with Gasteiger partial charge in [0.25, 0.3) is 0 Å². The van der Waals surface area contributed by atoms with Crippen molar-refractivity contribution < 1.29 is 18.9 Å². The van der Waals surface area contributed by atoms with Crippen molar-refractivity contribution in [2.75, 3.05) is 33.5 Å². The van der Waals surface area contributed by atoms with Crippen LogP contribution in [0.2, 0.25) is 0 Å². The molecule has 1 aromatic heterocycles. The highest BCUT2D eigenvalue weighted by Gasteiger charge is 2.39. The molecule has 19 heavy (non-hydrogen) atoms. The third-order valence-electron chi connectivity index (χ3n) is 3.55. The van der Waals surface area contributed by atoms with Crippen molar-refractivity contribution in [3.8, 4) is 0 Å². The van der Waals surface area contributed by atoms with E-state index in [2.05, 4.69) is 20.9 Å². The summed E-state index contributed by atoms with van der Waals surface area (Å²) in [4.78, 5) is 4.53. The predicted molar refractivity (Wildman–Crippen MR) is 70.7 cm³/mol. The van der Waals surface area contributed by atoms with Gasteiger partial charge in [0.2, 0.25) is 0 Å². The number of hydrogen-bond acceptors (Lipinski definition) is 5. The summed E-state index contributed by atoms with van der Waals surface area (Å²) in [6.45, 7) is 2.46. The van der Waals surface area contributed by atoms with Crippen LogP contribution in [0.3, 0.4) is 0 Å². The quantitative estimate of drug-likeness (QED) is 0.795. The molecule has 0 aliphatic carbocycles. The Balaban J connectivity index is 1.96. The van der Waals surface area contributed by atoms with E-state index in [1.165, 1.54) is 0 Å². The largest absolute Gasteiger partial charge is 0.378 e. The van der Waals surface area contributed by atoms with Crippen LogP contribution in [0.15, 0.2) is 16.7 Å². The highest BCUT2D eigenvalue weighted by Crippen LogP contribution is 2.35. The lowest BCUT2D eigenvalue weighted by atomic mass is 9.96. The van der Waals surface area contributed by atoms with Crippen molar-refractivity contribution in [1.82, 2.24) is 4.98 Å². The van der Waals surface area contributed by atoms with Gasteiger partial charge in [-0.15, -0.1) is 0 Å². The standard InChI is InChI=1S/C13H16BrNO4/c1-16-13(2-3-17-8-13)10-6-9(7-11(14)15-10)12-18-4-5-19-12/h6-7,12H,2-5,8H2,1H3. The molecule has 0 amide bonds. The van der Waals surface area contributed by atoms with Crippen LogP contribution in [0.25, 0.3) is 0 Å². The van der Waals surface area contributed by atoms with Crippen molar-refractivity contribution in [3.05, 3.63) is 28.0 Å². The zero-order valence-corrected chi connectivity index (χ0v) is 12.3. The fraction of sp³-hybridized carbons (Fsp3) is 0.615. The number of rotatable bonds is 3. The average molecular weight is 330 g/mol. The van der Waals surface area contributed by atoms with E-state index in [0.717, 1.165) is 22.3 Å². The van der Waals surface area contributed by atoms with Gasteiger partial charge in [-0.2, -0.15) is 0 Å². The first-order valence-corrected chi connectivity index (χ1v) is 7.07. The first-order chi connectivity index (χ1) is 9.23. The summed E-state index contributed by atoms with van der Waals surface area (Å²) in [5.41, 5.74) is 1.35. The Hall–Kier alpha value is -0.530. The van der Waals surface area contributed by atoms with E-state index in [-0.39, 0.29) is 6.29 Å². The molecule has 2 saturated heterocycles. The average Bonchev–Trinajstić information content (AvgIpc) is 3.10. The SMILES string of the molecule is COC1(c2cc(C3OCCO3)cc(Br)n2)CCOC1. The molecule has 2 aliphatic rings. The number of pyridine rings is 1. The zero-order valence-electron chi connectivity index (χ0n) is 10.7. The minimum Gasteiger partial charge on any atom is -0.378 e. The molecule has 0 N–H and O–H groups in total. The van der Waals surface area contributed by atoms with Crippen molar-refractivity contribution in [1.29, 1.82) is 0 Å². The predicted octanol–water partition coefficient (Wildman–Crippen LogP) is 2.15. The maximum atomic E-state index is 5.67. The molecule has 6 heteroatoms. The Labute approximate surface area is 120 Å². The van der Waals surface area contributed by atoms with E-state index in [4.69, 9.17) is 18.9 Å². The second-order valence-electron chi connectivity index (χ2n) is 4.68. The number of halogens is 1. The number of aromatic nitrogens is 1. The number of ether oxygens (including phenoxy) is 4. The van der Waals surface area contributed by atoms with E-state index < -0.39 is 5.60 Å². The molecule has 104 valence electrons. The van der Waals surface area contributed by atoms with E-state index in [1.54, 1.807) is 7.11 Å². The van der Waals surface area contributed by atoms with Crippen molar-refractivity contribution in [3.63, 3.8) is 0 Å². The number of methoxy groups -OCH3 is 1. The zero-order chi connectivity index (χ0) is 13.3. The van der Waals surface area contributed by atoms with Crippen molar-refractivity contribution >= 4 is 15.9 Å². The van der Waals surface area contributed by atoms with Crippen molar-refractivity contribution in [2.24, 2.45) is 0 Å². The van der Waals surface area contributed by atoms with Crippen LogP contribution in [0.1, 0.15) is 24.0 Å². The normalized spacial score (nSPS) is 28.1. The van der Waals surface area contributed by atoms with Gasteiger partial charge in [0.15, 0.2) is 6.29 Å². The third-order valence-corrected chi connectivity index (χ3v) is 3.96. The molecule has 1 atom stereocenters. The van der Waals surface area contributed by atoms with Crippen LogP contribution in [0.4, 0.5) is 0 Å². The lowest BCUT2D eigenvalue weighted by molar-refractivity contribution is -0.0457. The van der Waals surface area contributed by atoms with Crippen LogP contribution >= 0.6 is 15.9 Å². The molecule has 1 unspecified atom stereocenters. The lowest BCUT2D eigenvalue weighted by Gasteiger charge is -2.26. The Morgan fingerprint density at radius 1 is 1.32 bits per heavy atom. The lowest BCUT2D eigenvalue weighted by Crippen LogP contribution is -2.30. The summed E-state index contributed by atoms with van der Waals surface area (Å²) in [6, 6.07) is 3.90. The third kappa shape index (κ3) is 2.55. The molecule has 0 radical (unpaired) electrons. The van der Waals surface area contributed by atoms with Gasteiger partial charge in [-0.05, 0) is 28.1 Å². The summed E-state index contributed by atoms with van der Waals surface area (Å²) in [6.07, 6.45) is 0.493. The first-order valence-electron chi connectivity index (χ1n) is 6.28. The van der Waals surface area contributed by atoms with Gasteiger partial charge in [-0.3, -0.25) is 0 Å².